The summed E-state index contributed by atoms with van der Waals surface area (Å²) in [5.41, 5.74) is 5.59. The van der Waals surface area contributed by atoms with E-state index in [1.165, 1.54) is 0 Å². The van der Waals surface area contributed by atoms with E-state index in [1.807, 2.05) is 13.8 Å². The third-order valence-corrected chi connectivity index (χ3v) is 3.83. The Labute approximate surface area is 101 Å². The van der Waals surface area contributed by atoms with E-state index in [-0.39, 0.29) is 18.0 Å². The van der Waals surface area contributed by atoms with Crippen molar-refractivity contribution in [2.24, 2.45) is 11.1 Å². The standard InChI is InChI=1S/C12H20N4O/c1-8(10-14-6-7-15-10)16-11(17)12(2)5-3-4-9(12)13/h6-9H,3-5,13H2,1-2H3,(H,14,15)(H,16,17). The molecule has 3 unspecified atom stereocenters. The lowest BCUT2D eigenvalue weighted by molar-refractivity contribution is -0.131. The van der Waals surface area contributed by atoms with E-state index in [9.17, 15) is 4.79 Å². The number of imidazole rings is 1. The Bertz CT molecular complexity index is 389. The molecule has 1 aliphatic carbocycles. The van der Waals surface area contributed by atoms with E-state index in [0.717, 1.165) is 25.1 Å². The molecule has 1 saturated carbocycles. The minimum atomic E-state index is -0.430. The zero-order chi connectivity index (χ0) is 12.5. The average molecular weight is 236 g/mol. The lowest BCUT2D eigenvalue weighted by Crippen LogP contribution is -2.48. The maximum atomic E-state index is 12.3. The summed E-state index contributed by atoms with van der Waals surface area (Å²) < 4.78 is 0. The summed E-state index contributed by atoms with van der Waals surface area (Å²) in [4.78, 5) is 19.4. The molecule has 4 N–H and O–H groups in total. The molecule has 0 aliphatic heterocycles. The summed E-state index contributed by atoms with van der Waals surface area (Å²) in [5, 5.41) is 2.98. The summed E-state index contributed by atoms with van der Waals surface area (Å²) in [5.74, 6) is 0.805. The Balaban J connectivity index is 2.02. The minimum absolute atomic E-state index is 0.0337. The van der Waals surface area contributed by atoms with Crippen molar-refractivity contribution in [3.05, 3.63) is 18.2 Å². The van der Waals surface area contributed by atoms with Crippen molar-refractivity contribution in [2.75, 3.05) is 0 Å². The second kappa shape index (κ2) is 4.49. The van der Waals surface area contributed by atoms with Crippen molar-refractivity contribution in [3.63, 3.8) is 0 Å². The van der Waals surface area contributed by atoms with Gasteiger partial charge in [-0.3, -0.25) is 4.79 Å². The first-order valence-electron chi connectivity index (χ1n) is 6.10. The van der Waals surface area contributed by atoms with Gasteiger partial charge in [0.25, 0.3) is 0 Å². The van der Waals surface area contributed by atoms with E-state index in [2.05, 4.69) is 15.3 Å². The van der Waals surface area contributed by atoms with Crippen LogP contribution in [0.1, 0.15) is 45.0 Å². The predicted molar refractivity (Wildman–Crippen MR) is 65.1 cm³/mol. The molecular weight excluding hydrogens is 216 g/mol. The monoisotopic (exact) mass is 236 g/mol. The zero-order valence-electron chi connectivity index (χ0n) is 10.4. The summed E-state index contributed by atoms with van der Waals surface area (Å²) in [6.45, 7) is 3.87. The van der Waals surface area contributed by atoms with Crippen molar-refractivity contribution in [1.82, 2.24) is 15.3 Å². The fraction of sp³-hybridized carbons (Fsp3) is 0.667. The first-order chi connectivity index (χ1) is 8.04. The van der Waals surface area contributed by atoms with Crippen LogP contribution in [-0.2, 0) is 4.79 Å². The highest BCUT2D eigenvalue weighted by Gasteiger charge is 2.43. The summed E-state index contributed by atoms with van der Waals surface area (Å²) in [6, 6.07) is -0.145. The zero-order valence-corrected chi connectivity index (χ0v) is 10.4. The van der Waals surface area contributed by atoms with Gasteiger partial charge in [0.2, 0.25) is 5.91 Å². The number of aromatic nitrogens is 2. The minimum Gasteiger partial charge on any atom is -0.347 e. The van der Waals surface area contributed by atoms with Crippen LogP contribution in [0.4, 0.5) is 0 Å². The predicted octanol–water partition coefficient (Wildman–Crippen LogP) is 1.10. The topological polar surface area (TPSA) is 83.8 Å². The van der Waals surface area contributed by atoms with Gasteiger partial charge in [-0.25, -0.2) is 4.98 Å². The molecule has 0 spiro atoms. The summed E-state index contributed by atoms with van der Waals surface area (Å²) >= 11 is 0. The van der Waals surface area contributed by atoms with E-state index in [4.69, 9.17) is 5.73 Å². The molecular formula is C12H20N4O. The molecule has 1 aromatic heterocycles. The fourth-order valence-corrected chi connectivity index (χ4v) is 2.42. The molecule has 2 rings (SSSR count). The van der Waals surface area contributed by atoms with Gasteiger partial charge in [-0.1, -0.05) is 6.42 Å². The molecule has 94 valence electrons. The maximum Gasteiger partial charge on any atom is 0.228 e. The molecule has 1 amide bonds. The number of hydrogen-bond acceptors (Lipinski definition) is 3. The summed E-state index contributed by atoms with van der Waals surface area (Å²) in [6.07, 6.45) is 6.26. The molecule has 0 radical (unpaired) electrons. The van der Waals surface area contributed by atoms with Gasteiger partial charge in [0, 0.05) is 18.4 Å². The van der Waals surface area contributed by atoms with Gasteiger partial charge in [0.15, 0.2) is 0 Å². The molecule has 1 aromatic rings. The van der Waals surface area contributed by atoms with Gasteiger partial charge in [0.05, 0.1) is 11.5 Å². The van der Waals surface area contributed by atoms with Crippen molar-refractivity contribution in [3.8, 4) is 0 Å². The molecule has 1 aliphatic rings. The van der Waals surface area contributed by atoms with Gasteiger partial charge < -0.3 is 16.0 Å². The molecule has 3 atom stereocenters. The van der Waals surface area contributed by atoms with Crippen LogP contribution in [0.3, 0.4) is 0 Å². The fourth-order valence-electron chi connectivity index (χ4n) is 2.42. The Morgan fingerprint density at radius 3 is 3.06 bits per heavy atom. The van der Waals surface area contributed by atoms with Crippen molar-refractivity contribution in [2.45, 2.75) is 45.2 Å². The SMILES string of the molecule is CC(NC(=O)C1(C)CCCC1N)c1ncc[nH]1. The Hall–Kier alpha value is -1.36. The number of hydrogen-bond donors (Lipinski definition) is 3. The lowest BCUT2D eigenvalue weighted by atomic mass is 9.84. The van der Waals surface area contributed by atoms with Crippen LogP contribution >= 0.6 is 0 Å². The third kappa shape index (κ3) is 2.20. The number of nitrogens with zero attached hydrogens (tertiary/aromatic N) is 1. The number of carbonyl (C=O) groups excluding carboxylic acids is 1. The van der Waals surface area contributed by atoms with Crippen LogP contribution in [0.15, 0.2) is 12.4 Å². The normalized spacial score (nSPS) is 30.2. The Morgan fingerprint density at radius 1 is 1.76 bits per heavy atom. The number of H-pyrrole nitrogens is 1. The van der Waals surface area contributed by atoms with Crippen LogP contribution in [0.2, 0.25) is 0 Å². The first-order valence-corrected chi connectivity index (χ1v) is 6.10. The highest BCUT2D eigenvalue weighted by Crippen LogP contribution is 2.37. The molecule has 5 nitrogen and oxygen atoms in total. The average Bonchev–Trinajstić information content (AvgIpc) is 2.90. The number of aromatic amines is 1. The van der Waals surface area contributed by atoms with Gasteiger partial charge in [-0.05, 0) is 26.7 Å². The molecule has 17 heavy (non-hydrogen) atoms. The molecule has 5 heteroatoms. The second-order valence-electron chi connectivity index (χ2n) is 5.09. The third-order valence-electron chi connectivity index (χ3n) is 3.83. The van der Waals surface area contributed by atoms with E-state index in [0.29, 0.717) is 0 Å². The van der Waals surface area contributed by atoms with Crippen LogP contribution < -0.4 is 11.1 Å². The van der Waals surface area contributed by atoms with E-state index >= 15 is 0 Å². The van der Waals surface area contributed by atoms with Crippen LogP contribution in [0.5, 0.6) is 0 Å². The first kappa shape index (κ1) is 12.1. The van der Waals surface area contributed by atoms with Crippen LogP contribution in [0, 0.1) is 5.41 Å². The molecule has 1 heterocycles. The van der Waals surface area contributed by atoms with E-state index < -0.39 is 5.41 Å². The Morgan fingerprint density at radius 2 is 2.53 bits per heavy atom. The quantitative estimate of drug-likeness (QED) is 0.735. The van der Waals surface area contributed by atoms with Crippen molar-refractivity contribution >= 4 is 5.91 Å². The number of amides is 1. The Kier molecular flexibility index (Phi) is 3.19. The van der Waals surface area contributed by atoms with Gasteiger partial charge in [0.1, 0.15) is 5.82 Å². The van der Waals surface area contributed by atoms with Crippen LogP contribution in [-0.4, -0.2) is 21.9 Å². The highest BCUT2D eigenvalue weighted by molar-refractivity contribution is 5.83. The molecule has 0 aromatic carbocycles. The number of rotatable bonds is 3. The van der Waals surface area contributed by atoms with Gasteiger partial charge in [-0.15, -0.1) is 0 Å². The summed E-state index contributed by atoms with van der Waals surface area (Å²) in [7, 11) is 0. The lowest BCUT2D eigenvalue weighted by Gasteiger charge is -2.28. The highest BCUT2D eigenvalue weighted by atomic mass is 16.2. The number of carbonyl (C=O) groups is 1. The number of nitrogens with two attached hydrogens (primary N) is 1. The number of nitrogens with one attached hydrogen (secondary N) is 2. The van der Waals surface area contributed by atoms with E-state index in [1.54, 1.807) is 12.4 Å². The molecule has 1 fully saturated rings. The smallest absolute Gasteiger partial charge is 0.228 e. The second-order valence-corrected chi connectivity index (χ2v) is 5.09. The molecule has 0 bridgehead atoms. The molecule has 0 saturated heterocycles. The van der Waals surface area contributed by atoms with Crippen molar-refractivity contribution in [1.29, 1.82) is 0 Å². The van der Waals surface area contributed by atoms with Crippen LogP contribution in [0.25, 0.3) is 0 Å². The maximum absolute atomic E-state index is 12.3. The van der Waals surface area contributed by atoms with Gasteiger partial charge >= 0.3 is 0 Å². The van der Waals surface area contributed by atoms with Gasteiger partial charge in [-0.2, -0.15) is 0 Å². The largest absolute Gasteiger partial charge is 0.347 e. The van der Waals surface area contributed by atoms with Crippen molar-refractivity contribution < 1.29 is 4.79 Å².